The van der Waals surface area contributed by atoms with Crippen LogP contribution in [0.4, 0.5) is 0 Å². The molecule has 1 amide bonds. The molecule has 1 saturated heterocycles. The third kappa shape index (κ3) is 5.20. The topological polar surface area (TPSA) is 69.5 Å². The van der Waals surface area contributed by atoms with Crippen LogP contribution in [0, 0.1) is 0 Å². The fourth-order valence-corrected chi connectivity index (χ4v) is 4.31. The highest BCUT2D eigenvalue weighted by atomic mass is 35.5. The van der Waals surface area contributed by atoms with Crippen molar-refractivity contribution in [3.8, 4) is 11.4 Å². The van der Waals surface area contributed by atoms with E-state index in [9.17, 15) is 4.79 Å². The van der Waals surface area contributed by atoms with Gasteiger partial charge in [-0.2, -0.15) is 0 Å². The predicted octanol–water partition coefficient (Wildman–Crippen LogP) is 4.01. The number of thioether (sulfide) groups is 1. The number of ether oxygens (including phenoxy) is 2. The standard InChI is InChI=1S/C22H23ClN4O3S/c1-16(30-19-10-6-5-9-18(19)23)21-24-25-22(27(21)17-7-3-2-4-8-17)31-15-20(28)26-11-13-29-14-12-26/h2-10,16H,11-15H2,1H3. The largest absolute Gasteiger partial charge is 0.481 e. The van der Waals surface area contributed by atoms with E-state index in [1.807, 2.05) is 64.9 Å². The lowest BCUT2D eigenvalue weighted by molar-refractivity contribution is -0.132. The number of rotatable bonds is 7. The van der Waals surface area contributed by atoms with Crippen LogP contribution in [0.1, 0.15) is 18.9 Å². The van der Waals surface area contributed by atoms with E-state index in [0.717, 1.165) is 5.69 Å². The Hall–Kier alpha value is -2.55. The van der Waals surface area contributed by atoms with Crippen molar-refractivity contribution in [3.63, 3.8) is 0 Å². The number of aromatic nitrogens is 3. The predicted molar refractivity (Wildman–Crippen MR) is 120 cm³/mol. The molecule has 7 nitrogen and oxygen atoms in total. The number of carbonyl (C=O) groups is 1. The van der Waals surface area contributed by atoms with E-state index in [1.165, 1.54) is 11.8 Å². The minimum absolute atomic E-state index is 0.0674. The number of amides is 1. The first-order valence-corrected chi connectivity index (χ1v) is 11.4. The van der Waals surface area contributed by atoms with Crippen LogP contribution in [-0.4, -0.2) is 57.6 Å². The second kappa shape index (κ2) is 10.2. The monoisotopic (exact) mass is 458 g/mol. The van der Waals surface area contributed by atoms with E-state index in [1.54, 1.807) is 6.07 Å². The summed E-state index contributed by atoms with van der Waals surface area (Å²) >= 11 is 7.62. The van der Waals surface area contributed by atoms with Crippen molar-refractivity contribution in [1.82, 2.24) is 19.7 Å². The minimum Gasteiger partial charge on any atom is -0.481 e. The zero-order valence-electron chi connectivity index (χ0n) is 17.1. The Morgan fingerprint density at radius 2 is 1.84 bits per heavy atom. The highest BCUT2D eigenvalue weighted by Crippen LogP contribution is 2.31. The number of para-hydroxylation sites is 2. The number of benzene rings is 2. The van der Waals surface area contributed by atoms with Gasteiger partial charge in [0.1, 0.15) is 5.75 Å². The van der Waals surface area contributed by atoms with Crippen molar-refractivity contribution in [2.45, 2.75) is 18.2 Å². The Morgan fingerprint density at radius 1 is 1.13 bits per heavy atom. The van der Waals surface area contributed by atoms with Gasteiger partial charge in [-0.15, -0.1) is 10.2 Å². The molecule has 1 fully saturated rings. The van der Waals surface area contributed by atoms with E-state index < -0.39 is 6.10 Å². The Labute approximate surface area is 190 Å². The summed E-state index contributed by atoms with van der Waals surface area (Å²) in [5.74, 6) is 1.56. The Kier molecular flexibility index (Phi) is 7.11. The van der Waals surface area contributed by atoms with Crippen LogP contribution in [0.5, 0.6) is 5.75 Å². The Morgan fingerprint density at radius 3 is 2.58 bits per heavy atom. The summed E-state index contributed by atoms with van der Waals surface area (Å²) in [5.41, 5.74) is 0.901. The molecule has 1 unspecified atom stereocenters. The molecule has 9 heteroatoms. The second-order valence-corrected chi connectivity index (χ2v) is 8.33. The maximum absolute atomic E-state index is 12.6. The molecular weight excluding hydrogens is 436 g/mol. The number of hydrogen-bond donors (Lipinski definition) is 0. The highest BCUT2D eigenvalue weighted by Gasteiger charge is 2.23. The molecule has 2 heterocycles. The van der Waals surface area contributed by atoms with Gasteiger partial charge >= 0.3 is 0 Å². The first-order valence-electron chi connectivity index (χ1n) is 10.0. The summed E-state index contributed by atoms with van der Waals surface area (Å²) in [5, 5.41) is 9.92. The molecule has 1 aliphatic rings. The van der Waals surface area contributed by atoms with Crippen LogP contribution < -0.4 is 4.74 Å². The molecule has 0 radical (unpaired) electrons. The van der Waals surface area contributed by atoms with Gasteiger partial charge in [0.15, 0.2) is 17.1 Å². The van der Waals surface area contributed by atoms with Gasteiger partial charge in [0, 0.05) is 18.8 Å². The smallest absolute Gasteiger partial charge is 0.233 e. The first kappa shape index (κ1) is 21.7. The average Bonchev–Trinajstić information content (AvgIpc) is 3.24. The van der Waals surface area contributed by atoms with E-state index in [-0.39, 0.29) is 11.7 Å². The summed E-state index contributed by atoms with van der Waals surface area (Å²) in [4.78, 5) is 14.4. The summed E-state index contributed by atoms with van der Waals surface area (Å²) in [7, 11) is 0. The van der Waals surface area contributed by atoms with Crippen molar-refractivity contribution in [1.29, 1.82) is 0 Å². The van der Waals surface area contributed by atoms with Crippen molar-refractivity contribution >= 4 is 29.3 Å². The SMILES string of the molecule is CC(Oc1ccccc1Cl)c1nnc(SCC(=O)N2CCOCC2)n1-c1ccccc1. The molecule has 31 heavy (non-hydrogen) atoms. The normalized spacial score (nSPS) is 15.0. The summed E-state index contributed by atoms with van der Waals surface area (Å²) in [6.07, 6.45) is -0.406. The van der Waals surface area contributed by atoms with E-state index in [0.29, 0.717) is 48.1 Å². The molecule has 162 valence electrons. The fraction of sp³-hybridized carbons (Fsp3) is 0.318. The lowest BCUT2D eigenvalue weighted by atomic mass is 10.3. The molecule has 0 N–H and O–H groups in total. The summed E-state index contributed by atoms with van der Waals surface area (Å²) in [6, 6.07) is 17.1. The number of nitrogens with zero attached hydrogens (tertiary/aromatic N) is 4. The van der Waals surface area contributed by atoms with Gasteiger partial charge < -0.3 is 14.4 Å². The van der Waals surface area contributed by atoms with Crippen molar-refractivity contribution in [2.24, 2.45) is 0 Å². The number of carbonyl (C=O) groups excluding carboxylic acids is 1. The highest BCUT2D eigenvalue weighted by molar-refractivity contribution is 7.99. The molecule has 0 spiro atoms. The maximum atomic E-state index is 12.6. The molecule has 1 atom stereocenters. The fourth-order valence-electron chi connectivity index (χ4n) is 3.27. The van der Waals surface area contributed by atoms with Crippen LogP contribution in [0.2, 0.25) is 5.02 Å². The third-order valence-corrected chi connectivity index (χ3v) is 6.09. The molecule has 0 bridgehead atoms. The van der Waals surface area contributed by atoms with E-state index in [4.69, 9.17) is 21.1 Å². The van der Waals surface area contributed by atoms with Crippen LogP contribution in [0.15, 0.2) is 59.8 Å². The van der Waals surface area contributed by atoms with Crippen LogP contribution >= 0.6 is 23.4 Å². The van der Waals surface area contributed by atoms with Gasteiger partial charge in [-0.1, -0.05) is 53.7 Å². The quantitative estimate of drug-likeness (QED) is 0.498. The molecular formula is C22H23ClN4O3S. The van der Waals surface area contributed by atoms with Gasteiger partial charge in [0.2, 0.25) is 5.91 Å². The molecule has 0 saturated carbocycles. The Balaban J connectivity index is 1.57. The zero-order valence-corrected chi connectivity index (χ0v) is 18.7. The molecule has 0 aliphatic carbocycles. The lowest BCUT2D eigenvalue weighted by Crippen LogP contribution is -2.41. The van der Waals surface area contributed by atoms with Crippen molar-refractivity contribution in [3.05, 3.63) is 65.4 Å². The Bertz CT molecular complexity index is 1020. The molecule has 4 rings (SSSR count). The van der Waals surface area contributed by atoms with Gasteiger partial charge in [-0.05, 0) is 31.2 Å². The summed E-state index contributed by atoms with van der Waals surface area (Å²) < 4.78 is 13.3. The van der Waals surface area contributed by atoms with Crippen molar-refractivity contribution < 1.29 is 14.3 Å². The van der Waals surface area contributed by atoms with Crippen molar-refractivity contribution in [2.75, 3.05) is 32.1 Å². The maximum Gasteiger partial charge on any atom is 0.233 e. The number of morpholine rings is 1. The van der Waals surface area contributed by atoms with Gasteiger partial charge in [-0.3, -0.25) is 9.36 Å². The minimum atomic E-state index is -0.406. The lowest BCUT2D eigenvalue weighted by Gasteiger charge is -2.26. The molecule has 3 aromatic rings. The molecule has 1 aromatic heterocycles. The van der Waals surface area contributed by atoms with Gasteiger partial charge in [-0.25, -0.2) is 0 Å². The third-order valence-electron chi connectivity index (χ3n) is 4.87. The molecule has 2 aromatic carbocycles. The van der Waals surface area contributed by atoms with Crippen LogP contribution in [0.3, 0.4) is 0 Å². The van der Waals surface area contributed by atoms with E-state index in [2.05, 4.69) is 10.2 Å². The second-order valence-electron chi connectivity index (χ2n) is 6.98. The average molecular weight is 459 g/mol. The zero-order chi connectivity index (χ0) is 21.6. The van der Waals surface area contributed by atoms with Gasteiger partial charge in [0.05, 0.1) is 24.0 Å². The first-order chi connectivity index (χ1) is 15.1. The van der Waals surface area contributed by atoms with E-state index >= 15 is 0 Å². The summed E-state index contributed by atoms with van der Waals surface area (Å²) in [6.45, 7) is 4.31. The number of halogens is 1. The van der Waals surface area contributed by atoms with Crippen LogP contribution in [-0.2, 0) is 9.53 Å². The number of hydrogen-bond acceptors (Lipinski definition) is 6. The van der Waals surface area contributed by atoms with Gasteiger partial charge in [0.25, 0.3) is 0 Å². The molecule has 1 aliphatic heterocycles. The van der Waals surface area contributed by atoms with Crippen LogP contribution in [0.25, 0.3) is 5.69 Å².